The van der Waals surface area contributed by atoms with Gasteiger partial charge >= 0.3 is 11.7 Å². The van der Waals surface area contributed by atoms with Gasteiger partial charge in [0.05, 0.1) is 17.1 Å². The number of carbonyl (C=O) groups is 1. The monoisotopic (exact) mass is 382 g/mol. The van der Waals surface area contributed by atoms with Crippen molar-refractivity contribution in [1.82, 2.24) is 9.13 Å². The molecule has 0 bridgehead atoms. The molecular weight excluding hydrogens is 370 g/mol. The fourth-order valence-electron chi connectivity index (χ4n) is 2.59. The van der Waals surface area contributed by atoms with Gasteiger partial charge in [-0.2, -0.15) is 0 Å². The quantitative estimate of drug-likeness (QED) is 0.773. The van der Waals surface area contributed by atoms with Crippen LogP contribution in [0.1, 0.15) is 11.1 Å². The highest BCUT2D eigenvalue weighted by Gasteiger charge is 2.23. The number of hydrogen-bond acceptors (Lipinski definition) is 5. The Balaban J connectivity index is 2.17. The fourth-order valence-corrected chi connectivity index (χ4v) is 3.66. The van der Waals surface area contributed by atoms with Gasteiger partial charge in [0.25, 0.3) is 5.56 Å². The van der Waals surface area contributed by atoms with Crippen molar-refractivity contribution >= 4 is 23.8 Å². The molecule has 1 aromatic carbocycles. The number of nitrogens with zero attached hydrogens (tertiary/aromatic N) is 2. The number of carboxylic acids is 1. The Hall–Kier alpha value is -2.88. The Bertz CT molecular complexity index is 1060. The number of benzene rings is 1. The summed E-state index contributed by atoms with van der Waals surface area (Å²) in [6, 6.07) is 1.63. The van der Waals surface area contributed by atoms with Crippen molar-refractivity contribution in [2.24, 2.45) is 7.05 Å². The fraction of sp³-hybridized carbons (Fsp3) is 0.188. The van der Waals surface area contributed by atoms with E-state index < -0.39 is 41.1 Å². The first-order valence-corrected chi connectivity index (χ1v) is 8.26. The molecule has 0 spiro atoms. The molecule has 7 nitrogen and oxygen atoms in total. The first kappa shape index (κ1) is 17.9. The number of thioether (sulfide) groups is 1. The van der Waals surface area contributed by atoms with Crippen LogP contribution in [0.3, 0.4) is 0 Å². The van der Waals surface area contributed by atoms with Crippen molar-refractivity contribution in [3.05, 3.63) is 61.3 Å². The molecule has 0 amide bonds. The predicted molar refractivity (Wildman–Crippen MR) is 89.4 cm³/mol. The van der Waals surface area contributed by atoms with E-state index in [2.05, 4.69) is 0 Å². The lowest BCUT2D eigenvalue weighted by Crippen LogP contribution is -2.42. The molecule has 0 radical (unpaired) electrons. The van der Waals surface area contributed by atoms with Crippen molar-refractivity contribution in [2.45, 2.75) is 11.6 Å². The van der Waals surface area contributed by atoms with E-state index in [1.165, 1.54) is 17.7 Å². The van der Waals surface area contributed by atoms with Crippen LogP contribution in [0.4, 0.5) is 8.78 Å². The molecule has 0 saturated carbocycles. The van der Waals surface area contributed by atoms with E-state index >= 15 is 0 Å². The van der Waals surface area contributed by atoms with Crippen molar-refractivity contribution in [2.75, 3.05) is 5.75 Å². The largest absolute Gasteiger partial charge is 0.503 e. The molecule has 10 heteroatoms. The van der Waals surface area contributed by atoms with Crippen LogP contribution in [0.2, 0.25) is 0 Å². The van der Waals surface area contributed by atoms with Crippen LogP contribution in [0, 0.1) is 11.6 Å². The molecular formula is C16H12F2N2O5S. The van der Waals surface area contributed by atoms with Crippen LogP contribution in [0.25, 0.3) is 6.08 Å². The average molecular weight is 382 g/mol. The van der Waals surface area contributed by atoms with Crippen molar-refractivity contribution in [3.63, 3.8) is 0 Å². The number of rotatable bonds is 3. The Labute approximate surface area is 148 Å². The molecule has 0 aliphatic carbocycles. The van der Waals surface area contributed by atoms with E-state index in [0.717, 1.165) is 28.5 Å². The predicted octanol–water partition coefficient (Wildman–Crippen LogP) is 1.15. The summed E-state index contributed by atoms with van der Waals surface area (Å²) in [5.74, 6) is -4.65. The number of carboxylic acid groups (broad SMARTS) is 1. The van der Waals surface area contributed by atoms with Gasteiger partial charge in [-0.3, -0.25) is 13.9 Å². The second-order valence-electron chi connectivity index (χ2n) is 5.62. The summed E-state index contributed by atoms with van der Waals surface area (Å²) in [6.45, 7) is -0.437. The highest BCUT2D eigenvalue weighted by Crippen LogP contribution is 2.28. The van der Waals surface area contributed by atoms with Crippen molar-refractivity contribution in [3.8, 4) is 5.75 Å². The van der Waals surface area contributed by atoms with Gasteiger partial charge in [-0.05, 0) is 23.8 Å². The molecule has 0 saturated heterocycles. The SMILES string of the molecule is Cn1c2c(c(=O)n(Cc3cc(F)c(O)c(F)c3)c1=O)C=C(C(=O)O)CS2. The van der Waals surface area contributed by atoms with Crippen LogP contribution in [0.15, 0.2) is 32.3 Å². The molecule has 2 N–H and O–H groups in total. The topological polar surface area (TPSA) is 102 Å². The Kier molecular flexibility index (Phi) is 4.45. The number of fused-ring (bicyclic) bond motifs is 1. The van der Waals surface area contributed by atoms with Crippen LogP contribution >= 0.6 is 11.8 Å². The molecule has 1 aliphatic heterocycles. The molecule has 26 heavy (non-hydrogen) atoms. The van der Waals surface area contributed by atoms with Crippen molar-refractivity contribution < 1.29 is 23.8 Å². The zero-order valence-corrected chi connectivity index (χ0v) is 14.1. The number of aromatic hydroxyl groups is 1. The lowest BCUT2D eigenvalue weighted by Gasteiger charge is -2.18. The molecule has 136 valence electrons. The summed E-state index contributed by atoms with van der Waals surface area (Å²) in [7, 11) is 1.42. The van der Waals surface area contributed by atoms with Gasteiger partial charge in [-0.15, -0.1) is 11.8 Å². The van der Waals surface area contributed by atoms with Gasteiger partial charge in [0.1, 0.15) is 0 Å². The third kappa shape index (κ3) is 2.92. The maximum Gasteiger partial charge on any atom is 0.332 e. The highest BCUT2D eigenvalue weighted by molar-refractivity contribution is 7.99. The lowest BCUT2D eigenvalue weighted by molar-refractivity contribution is -0.132. The average Bonchev–Trinajstić information content (AvgIpc) is 2.60. The van der Waals surface area contributed by atoms with Crippen LogP contribution < -0.4 is 11.2 Å². The molecule has 0 atom stereocenters. The molecule has 2 aromatic rings. The standard InChI is InChI=1S/C16H12F2N2O5S/c1-19-14-9(4-8(6-26-14)15(23)24)13(22)20(16(19)25)5-7-2-10(17)12(21)11(18)3-7/h2-4,21H,5-6H2,1H3,(H,23,24). The minimum atomic E-state index is -1.22. The summed E-state index contributed by atoms with van der Waals surface area (Å²) in [6.07, 6.45) is 1.20. The van der Waals surface area contributed by atoms with E-state index in [1.807, 2.05) is 0 Å². The van der Waals surface area contributed by atoms with Gasteiger partial charge in [0.2, 0.25) is 0 Å². The van der Waals surface area contributed by atoms with Crippen molar-refractivity contribution in [1.29, 1.82) is 0 Å². The molecule has 1 aliphatic rings. The Morgan fingerprint density at radius 2 is 1.88 bits per heavy atom. The van der Waals surface area contributed by atoms with Crippen LogP contribution in [-0.4, -0.2) is 31.1 Å². The van der Waals surface area contributed by atoms with Crippen LogP contribution in [0.5, 0.6) is 5.75 Å². The lowest BCUT2D eigenvalue weighted by atomic mass is 10.1. The number of phenolic OH excluding ortho intramolecular Hbond substituents is 1. The third-order valence-corrected chi connectivity index (χ3v) is 5.13. The maximum atomic E-state index is 13.5. The highest BCUT2D eigenvalue weighted by atomic mass is 32.2. The minimum absolute atomic E-state index is 0.00604. The Morgan fingerprint density at radius 3 is 2.46 bits per heavy atom. The van der Waals surface area contributed by atoms with Gasteiger partial charge in [0, 0.05) is 18.4 Å². The van der Waals surface area contributed by atoms with E-state index in [4.69, 9.17) is 10.2 Å². The minimum Gasteiger partial charge on any atom is -0.503 e. The van der Waals surface area contributed by atoms with E-state index in [0.29, 0.717) is 5.03 Å². The summed E-state index contributed by atoms with van der Waals surface area (Å²) in [5.41, 5.74) is -1.47. The first-order valence-electron chi connectivity index (χ1n) is 7.28. The van der Waals surface area contributed by atoms with Gasteiger partial charge in [-0.25, -0.2) is 18.4 Å². The first-order chi connectivity index (χ1) is 12.2. The number of aromatic nitrogens is 2. The zero-order chi connectivity index (χ0) is 19.2. The number of hydrogen-bond donors (Lipinski definition) is 2. The summed E-state index contributed by atoms with van der Waals surface area (Å²) in [4.78, 5) is 36.3. The zero-order valence-electron chi connectivity index (χ0n) is 13.3. The molecule has 0 unspecified atom stereocenters. The molecule has 3 rings (SSSR count). The maximum absolute atomic E-state index is 13.5. The second-order valence-corrected chi connectivity index (χ2v) is 6.59. The molecule has 2 heterocycles. The Morgan fingerprint density at radius 1 is 1.27 bits per heavy atom. The van der Waals surface area contributed by atoms with E-state index in [9.17, 15) is 23.2 Å². The van der Waals surface area contributed by atoms with Gasteiger partial charge in [0.15, 0.2) is 17.4 Å². The smallest absolute Gasteiger partial charge is 0.332 e. The van der Waals surface area contributed by atoms with Gasteiger partial charge in [-0.1, -0.05) is 0 Å². The second kappa shape index (κ2) is 6.45. The molecule has 0 fully saturated rings. The third-order valence-electron chi connectivity index (χ3n) is 3.90. The number of aliphatic carboxylic acids is 1. The van der Waals surface area contributed by atoms with E-state index in [1.54, 1.807) is 0 Å². The van der Waals surface area contributed by atoms with Gasteiger partial charge < -0.3 is 10.2 Å². The number of phenols is 1. The normalized spacial score (nSPS) is 13.3. The number of halogens is 2. The van der Waals surface area contributed by atoms with Crippen LogP contribution in [-0.2, 0) is 18.4 Å². The summed E-state index contributed by atoms with van der Waals surface area (Å²) >= 11 is 1.05. The van der Waals surface area contributed by atoms with E-state index in [-0.39, 0.29) is 22.5 Å². The summed E-state index contributed by atoms with van der Waals surface area (Å²) < 4.78 is 28.9. The molecule has 1 aromatic heterocycles. The summed E-state index contributed by atoms with van der Waals surface area (Å²) in [5, 5.41) is 18.6.